The lowest BCUT2D eigenvalue weighted by molar-refractivity contribution is -0.123. The molecule has 0 fully saturated rings. The van der Waals surface area contributed by atoms with E-state index in [4.69, 9.17) is 16.3 Å². The molecule has 0 aliphatic heterocycles. The second-order valence-electron chi connectivity index (χ2n) is 8.14. The number of sulfonamides is 1. The maximum absolute atomic E-state index is 12.4. The summed E-state index contributed by atoms with van der Waals surface area (Å²) in [5, 5.41) is 3.44. The molecule has 34 heavy (non-hydrogen) atoms. The number of halogens is 1. The van der Waals surface area contributed by atoms with Crippen molar-refractivity contribution in [3.63, 3.8) is 0 Å². The topological polar surface area (TPSA) is 75.7 Å². The second kappa shape index (κ2) is 11.9. The maximum Gasteiger partial charge on any atom is 0.258 e. The molecule has 0 aliphatic carbocycles. The Morgan fingerprint density at radius 2 is 1.65 bits per heavy atom. The molecule has 0 spiro atoms. The third-order valence-electron chi connectivity index (χ3n) is 5.28. The van der Waals surface area contributed by atoms with Gasteiger partial charge in [0.2, 0.25) is 10.0 Å². The lowest BCUT2D eigenvalue weighted by atomic mass is 10.1. The van der Waals surface area contributed by atoms with E-state index in [1.165, 1.54) is 9.87 Å². The maximum atomic E-state index is 12.4. The Balaban J connectivity index is 1.53. The van der Waals surface area contributed by atoms with Gasteiger partial charge in [0.15, 0.2) is 6.61 Å². The molecule has 0 aromatic heterocycles. The van der Waals surface area contributed by atoms with E-state index >= 15 is 0 Å². The van der Waals surface area contributed by atoms with Crippen LogP contribution in [-0.2, 0) is 27.8 Å². The molecular formula is C26H29ClN2O4S. The third-order valence-corrected chi connectivity index (χ3v) is 6.79. The summed E-state index contributed by atoms with van der Waals surface area (Å²) in [6, 6.07) is 23.9. The molecule has 8 heteroatoms. The quantitative estimate of drug-likeness (QED) is 0.409. The molecule has 3 rings (SSSR count). The highest BCUT2D eigenvalue weighted by molar-refractivity contribution is 7.92. The van der Waals surface area contributed by atoms with E-state index < -0.39 is 10.0 Å². The van der Waals surface area contributed by atoms with Gasteiger partial charge < -0.3 is 10.1 Å². The average molecular weight is 501 g/mol. The van der Waals surface area contributed by atoms with E-state index in [1.807, 2.05) is 31.2 Å². The SMILES string of the molecule is C[C@H](CCc1ccccc1)NC(=O)COc1ccc(N(Cc2ccccc2Cl)S(C)(=O)=O)cc1. The van der Waals surface area contributed by atoms with E-state index in [0.29, 0.717) is 22.0 Å². The summed E-state index contributed by atoms with van der Waals surface area (Å²) < 4.78 is 31.7. The van der Waals surface area contributed by atoms with Gasteiger partial charge in [0.25, 0.3) is 5.91 Å². The van der Waals surface area contributed by atoms with Crippen molar-refractivity contribution in [2.75, 3.05) is 17.2 Å². The van der Waals surface area contributed by atoms with Gasteiger partial charge in [-0.25, -0.2) is 8.42 Å². The van der Waals surface area contributed by atoms with Crippen LogP contribution in [0.1, 0.15) is 24.5 Å². The summed E-state index contributed by atoms with van der Waals surface area (Å²) in [6.45, 7) is 1.96. The van der Waals surface area contributed by atoms with Gasteiger partial charge in [-0.2, -0.15) is 0 Å². The first kappa shape index (κ1) is 25.6. The van der Waals surface area contributed by atoms with Crippen LogP contribution in [-0.4, -0.2) is 33.2 Å². The second-order valence-corrected chi connectivity index (χ2v) is 10.5. The van der Waals surface area contributed by atoms with Crippen LogP contribution in [0, 0.1) is 0 Å². The third kappa shape index (κ3) is 7.78. The van der Waals surface area contributed by atoms with Crippen molar-refractivity contribution in [1.29, 1.82) is 0 Å². The number of nitrogens with one attached hydrogen (secondary N) is 1. The molecule has 0 radical (unpaired) electrons. The van der Waals surface area contributed by atoms with E-state index in [2.05, 4.69) is 17.4 Å². The summed E-state index contributed by atoms with van der Waals surface area (Å²) in [7, 11) is -3.54. The van der Waals surface area contributed by atoms with Crippen molar-refractivity contribution in [2.24, 2.45) is 0 Å². The molecule has 0 saturated carbocycles. The summed E-state index contributed by atoms with van der Waals surface area (Å²) in [5.74, 6) is 0.267. The van der Waals surface area contributed by atoms with Gasteiger partial charge in [-0.15, -0.1) is 0 Å². The highest BCUT2D eigenvalue weighted by Gasteiger charge is 2.19. The van der Waals surface area contributed by atoms with Crippen molar-refractivity contribution in [3.05, 3.63) is 95.0 Å². The fourth-order valence-electron chi connectivity index (χ4n) is 3.46. The summed E-state index contributed by atoms with van der Waals surface area (Å²) >= 11 is 6.21. The van der Waals surface area contributed by atoms with E-state index in [1.54, 1.807) is 42.5 Å². The Bertz CT molecular complexity index is 1180. The average Bonchev–Trinajstić information content (AvgIpc) is 2.81. The Hall–Kier alpha value is -3.03. The van der Waals surface area contributed by atoms with Crippen molar-refractivity contribution >= 4 is 33.2 Å². The molecule has 3 aromatic rings. The van der Waals surface area contributed by atoms with Crippen LogP contribution in [0.25, 0.3) is 0 Å². The van der Waals surface area contributed by atoms with Crippen LogP contribution in [0.4, 0.5) is 5.69 Å². The van der Waals surface area contributed by atoms with E-state index in [-0.39, 0.29) is 25.1 Å². The number of aryl methyl sites for hydroxylation is 1. The van der Waals surface area contributed by atoms with Crippen LogP contribution in [0.2, 0.25) is 5.02 Å². The number of benzene rings is 3. The molecule has 0 heterocycles. The van der Waals surface area contributed by atoms with Gasteiger partial charge in [0.05, 0.1) is 18.5 Å². The zero-order valence-corrected chi connectivity index (χ0v) is 20.9. The highest BCUT2D eigenvalue weighted by Crippen LogP contribution is 2.26. The van der Waals surface area contributed by atoms with Crippen LogP contribution < -0.4 is 14.4 Å². The van der Waals surface area contributed by atoms with Crippen molar-refractivity contribution < 1.29 is 17.9 Å². The first-order valence-corrected chi connectivity index (χ1v) is 13.2. The number of carbonyl (C=O) groups is 1. The van der Waals surface area contributed by atoms with Crippen molar-refractivity contribution in [3.8, 4) is 5.75 Å². The van der Waals surface area contributed by atoms with E-state index in [0.717, 1.165) is 19.1 Å². The Morgan fingerprint density at radius 1 is 1.00 bits per heavy atom. The first-order valence-electron chi connectivity index (χ1n) is 11.0. The highest BCUT2D eigenvalue weighted by atomic mass is 35.5. The van der Waals surface area contributed by atoms with Crippen LogP contribution in [0.15, 0.2) is 78.9 Å². The van der Waals surface area contributed by atoms with Crippen LogP contribution >= 0.6 is 11.6 Å². The Labute approximate surface area is 206 Å². The minimum Gasteiger partial charge on any atom is -0.484 e. The largest absolute Gasteiger partial charge is 0.484 e. The number of hydrogen-bond donors (Lipinski definition) is 1. The first-order chi connectivity index (χ1) is 16.2. The van der Waals surface area contributed by atoms with Gasteiger partial charge in [0.1, 0.15) is 5.75 Å². The molecule has 1 N–H and O–H groups in total. The van der Waals surface area contributed by atoms with E-state index in [9.17, 15) is 13.2 Å². The zero-order chi connectivity index (χ0) is 24.6. The standard InChI is InChI=1S/C26H29ClN2O4S/c1-20(12-13-21-8-4-3-5-9-21)28-26(30)19-33-24-16-14-23(15-17-24)29(34(2,31)32)18-22-10-6-7-11-25(22)27/h3-11,14-17,20H,12-13,18-19H2,1-2H3,(H,28,30)/t20-/m1/s1. The zero-order valence-electron chi connectivity index (χ0n) is 19.3. The van der Waals surface area contributed by atoms with Crippen LogP contribution in [0.3, 0.4) is 0 Å². The normalized spacial score (nSPS) is 12.1. The van der Waals surface area contributed by atoms with Crippen molar-refractivity contribution in [1.82, 2.24) is 5.32 Å². The minimum atomic E-state index is -3.54. The van der Waals surface area contributed by atoms with Gasteiger partial charge in [-0.3, -0.25) is 9.10 Å². The Morgan fingerprint density at radius 3 is 2.29 bits per heavy atom. The fraction of sp³-hybridized carbons (Fsp3) is 0.269. The van der Waals surface area contributed by atoms with Gasteiger partial charge >= 0.3 is 0 Å². The molecule has 1 amide bonds. The number of rotatable bonds is 11. The molecular weight excluding hydrogens is 472 g/mol. The number of amides is 1. The summed E-state index contributed by atoms with van der Waals surface area (Å²) in [5.41, 5.74) is 2.42. The minimum absolute atomic E-state index is 0.0202. The molecule has 0 unspecified atom stereocenters. The van der Waals surface area contributed by atoms with Crippen LogP contribution in [0.5, 0.6) is 5.75 Å². The molecule has 180 valence electrons. The lowest BCUT2D eigenvalue weighted by Crippen LogP contribution is -2.36. The molecule has 0 aliphatic rings. The number of nitrogens with zero attached hydrogens (tertiary/aromatic N) is 1. The number of hydrogen-bond acceptors (Lipinski definition) is 4. The van der Waals surface area contributed by atoms with Gasteiger partial charge in [0, 0.05) is 11.1 Å². The molecule has 0 bridgehead atoms. The number of carbonyl (C=O) groups excluding carboxylic acids is 1. The summed E-state index contributed by atoms with van der Waals surface area (Å²) in [6.07, 6.45) is 2.87. The number of ether oxygens (including phenoxy) is 1. The molecule has 0 saturated heterocycles. The fourth-order valence-corrected chi connectivity index (χ4v) is 4.53. The van der Waals surface area contributed by atoms with Gasteiger partial charge in [-0.05, 0) is 61.2 Å². The lowest BCUT2D eigenvalue weighted by Gasteiger charge is -2.23. The summed E-state index contributed by atoms with van der Waals surface area (Å²) in [4.78, 5) is 12.2. The predicted octanol–water partition coefficient (Wildman–Crippen LogP) is 4.82. The van der Waals surface area contributed by atoms with Crippen molar-refractivity contribution in [2.45, 2.75) is 32.4 Å². The Kier molecular flexibility index (Phi) is 8.96. The molecule has 1 atom stereocenters. The predicted molar refractivity (Wildman–Crippen MR) is 137 cm³/mol. The van der Waals surface area contributed by atoms with Gasteiger partial charge in [-0.1, -0.05) is 60.1 Å². The monoisotopic (exact) mass is 500 g/mol. The number of anilines is 1. The molecule has 6 nitrogen and oxygen atoms in total. The molecule has 3 aromatic carbocycles. The smallest absolute Gasteiger partial charge is 0.258 e.